The van der Waals surface area contributed by atoms with Gasteiger partial charge in [0.25, 0.3) is 0 Å². The smallest absolute Gasteiger partial charge is 0.234 e. The zero-order valence-electron chi connectivity index (χ0n) is 16.3. The molecule has 2 amide bonds. The number of hydrogen-bond donors (Lipinski definition) is 1. The zero-order chi connectivity index (χ0) is 20.5. The van der Waals surface area contributed by atoms with Crippen molar-refractivity contribution in [2.45, 2.75) is 13.8 Å². The molecule has 0 fully saturated rings. The standard InChI is InChI=1S/C21H25FN2O3S/c1-15-10-16(2)12-19(11-15)27-9-8-24(3)21(26)14-28-13-20(25)23-18-6-4-17(22)5-7-18/h4-7,10-12H,8-9,13-14H2,1-3H3,(H,23,25). The number of carbonyl (C=O) groups is 2. The fourth-order valence-electron chi connectivity index (χ4n) is 2.51. The third kappa shape index (κ3) is 7.60. The second-order valence-corrected chi connectivity index (χ2v) is 7.52. The molecule has 0 aromatic heterocycles. The molecule has 2 aromatic rings. The predicted molar refractivity (Wildman–Crippen MR) is 111 cm³/mol. The molecule has 0 heterocycles. The normalized spacial score (nSPS) is 10.4. The van der Waals surface area contributed by atoms with E-state index >= 15 is 0 Å². The van der Waals surface area contributed by atoms with E-state index < -0.39 is 0 Å². The van der Waals surface area contributed by atoms with Crippen molar-refractivity contribution in [2.24, 2.45) is 0 Å². The first kappa shape index (κ1) is 21.8. The van der Waals surface area contributed by atoms with E-state index in [9.17, 15) is 14.0 Å². The summed E-state index contributed by atoms with van der Waals surface area (Å²) >= 11 is 1.24. The van der Waals surface area contributed by atoms with Crippen LogP contribution in [0.2, 0.25) is 0 Å². The fraction of sp³-hybridized carbons (Fsp3) is 0.333. The Kier molecular flexibility index (Phi) is 8.32. The van der Waals surface area contributed by atoms with E-state index in [1.807, 2.05) is 26.0 Å². The van der Waals surface area contributed by atoms with E-state index in [2.05, 4.69) is 11.4 Å². The van der Waals surface area contributed by atoms with Gasteiger partial charge in [0.05, 0.1) is 18.1 Å². The molecule has 2 aromatic carbocycles. The molecule has 0 aliphatic heterocycles. The Morgan fingerprint density at radius 3 is 2.36 bits per heavy atom. The van der Waals surface area contributed by atoms with Crippen LogP contribution >= 0.6 is 11.8 Å². The van der Waals surface area contributed by atoms with Gasteiger partial charge in [0.15, 0.2) is 0 Å². The Balaban J connectivity index is 1.64. The van der Waals surface area contributed by atoms with Crippen LogP contribution in [0.3, 0.4) is 0 Å². The van der Waals surface area contributed by atoms with Gasteiger partial charge in [-0.15, -0.1) is 11.8 Å². The van der Waals surface area contributed by atoms with E-state index in [-0.39, 0.29) is 29.1 Å². The van der Waals surface area contributed by atoms with Gasteiger partial charge in [-0.25, -0.2) is 4.39 Å². The van der Waals surface area contributed by atoms with E-state index in [0.717, 1.165) is 16.9 Å². The van der Waals surface area contributed by atoms with Crippen molar-refractivity contribution in [3.63, 3.8) is 0 Å². The topological polar surface area (TPSA) is 58.6 Å². The second-order valence-electron chi connectivity index (χ2n) is 6.54. The van der Waals surface area contributed by atoms with Crippen molar-refractivity contribution in [1.29, 1.82) is 0 Å². The van der Waals surface area contributed by atoms with Gasteiger partial charge in [-0.2, -0.15) is 0 Å². The number of nitrogens with zero attached hydrogens (tertiary/aromatic N) is 1. The second kappa shape index (κ2) is 10.7. The third-order valence-electron chi connectivity index (χ3n) is 3.90. The lowest BCUT2D eigenvalue weighted by molar-refractivity contribution is -0.127. The van der Waals surface area contributed by atoms with Crippen LogP contribution in [0.15, 0.2) is 42.5 Å². The third-order valence-corrected chi connectivity index (χ3v) is 4.82. The number of thioether (sulfide) groups is 1. The van der Waals surface area contributed by atoms with Crippen LogP contribution in [0.4, 0.5) is 10.1 Å². The summed E-state index contributed by atoms with van der Waals surface area (Å²) in [6.07, 6.45) is 0. The van der Waals surface area contributed by atoms with Crippen LogP contribution in [0.5, 0.6) is 5.75 Å². The molecule has 28 heavy (non-hydrogen) atoms. The highest BCUT2D eigenvalue weighted by atomic mass is 32.2. The zero-order valence-corrected chi connectivity index (χ0v) is 17.1. The van der Waals surface area contributed by atoms with Gasteiger partial charge in [-0.05, 0) is 61.4 Å². The van der Waals surface area contributed by atoms with Gasteiger partial charge in [0, 0.05) is 12.7 Å². The maximum absolute atomic E-state index is 12.8. The van der Waals surface area contributed by atoms with Crippen LogP contribution in [-0.4, -0.2) is 48.4 Å². The number of amides is 2. The largest absolute Gasteiger partial charge is 0.492 e. The highest BCUT2D eigenvalue weighted by Gasteiger charge is 2.11. The molecule has 0 atom stereocenters. The maximum Gasteiger partial charge on any atom is 0.234 e. The summed E-state index contributed by atoms with van der Waals surface area (Å²) in [4.78, 5) is 25.6. The van der Waals surface area contributed by atoms with Crippen LogP contribution in [0, 0.1) is 19.7 Å². The van der Waals surface area contributed by atoms with E-state index in [1.165, 1.54) is 36.0 Å². The highest BCUT2D eigenvalue weighted by molar-refractivity contribution is 8.00. The van der Waals surface area contributed by atoms with Gasteiger partial charge in [-0.3, -0.25) is 9.59 Å². The molecule has 0 aliphatic rings. The number of aryl methyl sites for hydroxylation is 2. The summed E-state index contributed by atoms with van der Waals surface area (Å²) in [6, 6.07) is 11.5. The van der Waals surface area contributed by atoms with E-state index in [1.54, 1.807) is 11.9 Å². The van der Waals surface area contributed by atoms with Gasteiger partial charge in [0.2, 0.25) is 11.8 Å². The monoisotopic (exact) mass is 404 g/mol. The Labute approximate surface area is 169 Å². The number of nitrogens with one attached hydrogen (secondary N) is 1. The van der Waals surface area contributed by atoms with Crippen LogP contribution in [0.1, 0.15) is 11.1 Å². The number of hydrogen-bond acceptors (Lipinski definition) is 4. The number of ether oxygens (including phenoxy) is 1. The summed E-state index contributed by atoms with van der Waals surface area (Å²) in [5, 5.41) is 2.66. The molecule has 0 aliphatic carbocycles. The SMILES string of the molecule is Cc1cc(C)cc(OCCN(C)C(=O)CSCC(=O)Nc2ccc(F)cc2)c1. The van der Waals surface area contributed by atoms with Gasteiger partial charge < -0.3 is 15.0 Å². The van der Waals surface area contributed by atoms with Crippen LogP contribution in [-0.2, 0) is 9.59 Å². The van der Waals surface area contributed by atoms with E-state index in [0.29, 0.717) is 18.8 Å². The number of carbonyl (C=O) groups excluding carboxylic acids is 2. The molecule has 0 saturated carbocycles. The van der Waals surface area contributed by atoms with Gasteiger partial charge in [0.1, 0.15) is 18.2 Å². The Bertz CT molecular complexity index is 792. The van der Waals surface area contributed by atoms with Crippen LogP contribution in [0.25, 0.3) is 0 Å². The molecule has 0 radical (unpaired) electrons. The molecule has 1 N–H and O–H groups in total. The molecule has 0 saturated heterocycles. The quantitative estimate of drug-likeness (QED) is 0.693. The number of likely N-dealkylation sites (N-methyl/N-ethyl adjacent to an activating group) is 1. The van der Waals surface area contributed by atoms with Crippen molar-refractivity contribution in [3.8, 4) is 5.75 Å². The lowest BCUT2D eigenvalue weighted by atomic mass is 10.1. The molecule has 5 nitrogen and oxygen atoms in total. The summed E-state index contributed by atoms with van der Waals surface area (Å²) in [5.41, 5.74) is 2.79. The predicted octanol–water partition coefficient (Wildman–Crippen LogP) is 3.65. The maximum atomic E-state index is 12.8. The number of anilines is 1. The molecule has 0 bridgehead atoms. The summed E-state index contributed by atoms with van der Waals surface area (Å²) < 4.78 is 18.6. The number of rotatable bonds is 9. The Hall–Kier alpha value is -2.54. The van der Waals surface area contributed by atoms with Gasteiger partial charge in [-0.1, -0.05) is 6.07 Å². The molecule has 2 rings (SSSR count). The minimum absolute atomic E-state index is 0.0661. The molecular weight excluding hydrogens is 379 g/mol. The highest BCUT2D eigenvalue weighted by Crippen LogP contribution is 2.16. The summed E-state index contributed by atoms with van der Waals surface area (Å²) in [5.74, 6) is 0.494. The van der Waals surface area contributed by atoms with Crippen LogP contribution < -0.4 is 10.1 Å². The summed E-state index contributed by atoms with van der Waals surface area (Å²) in [6.45, 7) is 4.90. The fourth-order valence-corrected chi connectivity index (χ4v) is 3.27. The van der Waals surface area contributed by atoms with Crippen molar-refractivity contribution in [2.75, 3.05) is 37.0 Å². The summed E-state index contributed by atoms with van der Waals surface area (Å²) in [7, 11) is 1.71. The van der Waals surface area contributed by atoms with Crippen molar-refractivity contribution < 1.29 is 18.7 Å². The van der Waals surface area contributed by atoms with E-state index in [4.69, 9.17) is 4.74 Å². The Morgan fingerprint density at radius 2 is 1.71 bits per heavy atom. The first-order valence-corrected chi connectivity index (χ1v) is 10.1. The van der Waals surface area contributed by atoms with Crippen molar-refractivity contribution in [3.05, 3.63) is 59.4 Å². The first-order valence-electron chi connectivity index (χ1n) is 8.91. The molecular formula is C21H25FN2O3S. The minimum Gasteiger partial charge on any atom is -0.492 e. The minimum atomic E-state index is -0.359. The Morgan fingerprint density at radius 1 is 1.07 bits per heavy atom. The lowest BCUT2D eigenvalue weighted by Gasteiger charge is -2.17. The van der Waals surface area contributed by atoms with Crippen molar-refractivity contribution in [1.82, 2.24) is 4.90 Å². The number of halogens is 1. The molecule has 0 unspecified atom stereocenters. The number of benzene rings is 2. The molecule has 150 valence electrons. The van der Waals surface area contributed by atoms with Gasteiger partial charge >= 0.3 is 0 Å². The first-order chi connectivity index (χ1) is 13.3. The molecule has 0 spiro atoms. The molecule has 7 heteroatoms. The van der Waals surface area contributed by atoms with Crippen molar-refractivity contribution >= 4 is 29.3 Å². The average molecular weight is 405 g/mol. The average Bonchev–Trinajstić information content (AvgIpc) is 2.62. The lowest BCUT2D eigenvalue weighted by Crippen LogP contribution is -2.32.